The van der Waals surface area contributed by atoms with E-state index in [1.165, 1.54) is 5.56 Å². The second-order valence-corrected chi connectivity index (χ2v) is 5.00. The van der Waals surface area contributed by atoms with Crippen molar-refractivity contribution < 1.29 is 15.2 Å². The van der Waals surface area contributed by atoms with Gasteiger partial charge in [0.1, 0.15) is 5.75 Å². The van der Waals surface area contributed by atoms with Crippen molar-refractivity contribution in [1.29, 1.82) is 0 Å². The monoisotopic (exact) mass is 252 g/mol. The van der Waals surface area contributed by atoms with Gasteiger partial charge in [-0.3, -0.25) is 0 Å². The summed E-state index contributed by atoms with van der Waals surface area (Å²) in [5.74, 6) is 0.983. The summed E-state index contributed by atoms with van der Waals surface area (Å²) in [7, 11) is 0. The number of aliphatic hydroxyl groups is 1. The number of hydrogen-bond acceptors (Lipinski definition) is 2. The second-order valence-electron chi connectivity index (χ2n) is 5.00. The molecular formula is C15H26NO2+. The lowest BCUT2D eigenvalue weighted by Gasteiger charge is -2.17. The summed E-state index contributed by atoms with van der Waals surface area (Å²) < 4.78 is 5.94. The van der Waals surface area contributed by atoms with Gasteiger partial charge < -0.3 is 15.2 Å². The first-order chi connectivity index (χ1) is 8.63. The van der Waals surface area contributed by atoms with E-state index in [0.717, 1.165) is 25.1 Å². The molecule has 102 valence electrons. The summed E-state index contributed by atoms with van der Waals surface area (Å²) in [5.41, 5.74) is 1.18. The average molecular weight is 252 g/mol. The molecule has 3 nitrogen and oxygen atoms in total. The summed E-state index contributed by atoms with van der Waals surface area (Å²) in [6.45, 7) is 7.41. The third kappa shape index (κ3) is 5.52. The molecule has 0 aliphatic rings. The van der Waals surface area contributed by atoms with E-state index in [9.17, 15) is 0 Å². The Morgan fingerprint density at radius 3 is 2.61 bits per heavy atom. The number of aliphatic hydroxyl groups excluding tert-OH is 1. The molecule has 1 rings (SSSR count). The Kier molecular flexibility index (Phi) is 6.76. The predicted molar refractivity (Wildman–Crippen MR) is 73.8 cm³/mol. The van der Waals surface area contributed by atoms with Crippen LogP contribution in [0.15, 0.2) is 24.3 Å². The lowest BCUT2D eigenvalue weighted by Crippen LogP contribution is -2.90. The molecule has 0 bridgehead atoms. The van der Waals surface area contributed by atoms with Crippen molar-refractivity contribution in [2.75, 3.05) is 13.2 Å². The maximum Gasteiger partial charge on any atom is 0.122 e. The van der Waals surface area contributed by atoms with E-state index in [1.807, 2.05) is 18.2 Å². The number of nitrogens with two attached hydrogens (primary N) is 1. The van der Waals surface area contributed by atoms with Gasteiger partial charge >= 0.3 is 0 Å². The van der Waals surface area contributed by atoms with Gasteiger partial charge in [-0.15, -0.1) is 0 Å². The van der Waals surface area contributed by atoms with Gasteiger partial charge in [0.05, 0.1) is 25.3 Å². The van der Waals surface area contributed by atoms with E-state index < -0.39 is 0 Å². The fourth-order valence-corrected chi connectivity index (χ4v) is 1.94. The van der Waals surface area contributed by atoms with Gasteiger partial charge in [-0.2, -0.15) is 0 Å². The molecule has 0 radical (unpaired) electrons. The molecule has 0 spiro atoms. The van der Waals surface area contributed by atoms with Crippen LogP contribution in [0.5, 0.6) is 5.75 Å². The van der Waals surface area contributed by atoms with Gasteiger partial charge in [-0.1, -0.05) is 18.2 Å². The van der Waals surface area contributed by atoms with Crippen molar-refractivity contribution in [3.63, 3.8) is 0 Å². The van der Waals surface area contributed by atoms with Crippen molar-refractivity contribution in [2.45, 2.75) is 45.8 Å². The minimum absolute atomic E-state index is 0.232. The summed E-state index contributed by atoms with van der Waals surface area (Å²) in [5, 5.41) is 10.9. The standard InChI is InChI=1S/C15H25NO2/c1-12-6-4-5-7-15(12)18-14(3)9-8-13(2)16-10-11-17/h4-7,13-14,16-17H,8-11H2,1-3H3/p+1/t13-,14-/m0/s1. The fraction of sp³-hybridized carbons (Fsp3) is 0.600. The van der Waals surface area contributed by atoms with Crippen molar-refractivity contribution in [3.05, 3.63) is 29.8 Å². The zero-order valence-corrected chi connectivity index (χ0v) is 11.7. The van der Waals surface area contributed by atoms with Crippen LogP contribution in [-0.4, -0.2) is 30.4 Å². The van der Waals surface area contributed by atoms with E-state index in [2.05, 4.69) is 32.2 Å². The van der Waals surface area contributed by atoms with Crippen LogP contribution < -0.4 is 10.1 Å². The van der Waals surface area contributed by atoms with Crippen LogP contribution in [0.2, 0.25) is 0 Å². The van der Waals surface area contributed by atoms with Crippen LogP contribution in [0, 0.1) is 6.92 Å². The SMILES string of the molecule is Cc1ccccc1O[C@@H](C)CC[C@H](C)[NH2+]CCO. The minimum Gasteiger partial charge on any atom is -0.490 e. The Hall–Kier alpha value is -1.06. The van der Waals surface area contributed by atoms with Gasteiger partial charge in [-0.05, 0) is 38.8 Å². The summed E-state index contributed by atoms with van der Waals surface area (Å²) in [6.07, 6.45) is 2.38. The van der Waals surface area contributed by atoms with E-state index >= 15 is 0 Å². The molecule has 3 N–H and O–H groups in total. The van der Waals surface area contributed by atoms with Crippen molar-refractivity contribution in [2.24, 2.45) is 0 Å². The molecule has 0 saturated carbocycles. The maximum atomic E-state index is 8.76. The summed E-state index contributed by atoms with van der Waals surface area (Å²) in [4.78, 5) is 0. The van der Waals surface area contributed by atoms with Gasteiger partial charge in [-0.25, -0.2) is 0 Å². The van der Waals surface area contributed by atoms with Crippen LogP contribution in [0.1, 0.15) is 32.3 Å². The highest BCUT2D eigenvalue weighted by atomic mass is 16.5. The van der Waals surface area contributed by atoms with E-state index in [-0.39, 0.29) is 12.7 Å². The molecular weight excluding hydrogens is 226 g/mol. The average Bonchev–Trinajstić information content (AvgIpc) is 2.36. The number of benzene rings is 1. The number of para-hydroxylation sites is 1. The van der Waals surface area contributed by atoms with Gasteiger partial charge in [0.15, 0.2) is 0 Å². The number of ether oxygens (including phenoxy) is 1. The fourth-order valence-electron chi connectivity index (χ4n) is 1.94. The van der Waals surface area contributed by atoms with Gasteiger partial charge in [0, 0.05) is 6.42 Å². The van der Waals surface area contributed by atoms with Crippen molar-refractivity contribution in [3.8, 4) is 5.75 Å². The first-order valence-electron chi connectivity index (χ1n) is 6.80. The van der Waals surface area contributed by atoms with Crippen LogP contribution in [0.4, 0.5) is 0 Å². The Morgan fingerprint density at radius 1 is 1.22 bits per heavy atom. The Morgan fingerprint density at radius 2 is 1.94 bits per heavy atom. The molecule has 0 aliphatic carbocycles. The number of hydrogen-bond donors (Lipinski definition) is 2. The molecule has 0 unspecified atom stereocenters. The molecule has 0 aliphatic heterocycles. The van der Waals surface area contributed by atoms with Crippen LogP contribution in [0.3, 0.4) is 0 Å². The van der Waals surface area contributed by atoms with E-state index in [4.69, 9.17) is 9.84 Å². The van der Waals surface area contributed by atoms with E-state index in [1.54, 1.807) is 0 Å². The summed E-state index contributed by atoms with van der Waals surface area (Å²) >= 11 is 0. The molecule has 18 heavy (non-hydrogen) atoms. The molecule has 0 amide bonds. The molecule has 0 aromatic heterocycles. The van der Waals surface area contributed by atoms with Crippen LogP contribution in [-0.2, 0) is 0 Å². The highest BCUT2D eigenvalue weighted by Crippen LogP contribution is 2.19. The summed E-state index contributed by atoms with van der Waals surface area (Å²) in [6, 6.07) is 8.67. The predicted octanol–water partition coefficient (Wildman–Crippen LogP) is 1.49. The quantitative estimate of drug-likeness (QED) is 0.736. The molecule has 3 heteroatoms. The largest absolute Gasteiger partial charge is 0.490 e. The number of quaternary nitrogens is 1. The smallest absolute Gasteiger partial charge is 0.122 e. The first kappa shape index (κ1) is 15.0. The number of rotatable bonds is 8. The van der Waals surface area contributed by atoms with Gasteiger partial charge in [0.25, 0.3) is 0 Å². The second kappa shape index (κ2) is 8.11. The van der Waals surface area contributed by atoms with Crippen molar-refractivity contribution >= 4 is 0 Å². The molecule has 0 saturated heterocycles. The van der Waals surface area contributed by atoms with Crippen LogP contribution >= 0.6 is 0 Å². The van der Waals surface area contributed by atoms with Crippen molar-refractivity contribution in [1.82, 2.24) is 0 Å². The molecule has 0 heterocycles. The van der Waals surface area contributed by atoms with Crippen LogP contribution in [0.25, 0.3) is 0 Å². The zero-order valence-electron chi connectivity index (χ0n) is 11.7. The van der Waals surface area contributed by atoms with E-state index in [0.29, 0.717) is 6.04 Å². The Bertz CT molecular complexity index is 341. The minimum atomic E-state index is 0.232. The highest BCUT2D eigenvalue weighted by molar-refractivity contribution is 5.31. The zero-order chi connectivity index (χ0) is 13.4. The lowest BCUT2D eigenvalue weighted by molar-refractivity contribution is -0.687. The number of aryl methyl sites for hydroxylation is 1. The van der Waals surface area contributed by atoms with Gasteiger partial charge in [0.2, 0.25) is 0 Å². The molecule has 1 aromatic carbocycles. The lowest BCUT2D eigenvalue weighted by atomic mass is 10.1. The maximum absolute atomic E-state index is 8.76. The molecule has 1 aromatic rings. The Balaban J connectivity index is 2.29. The highest BCUT2D eigenvalue weighted by Gasteiger charge is 2.10. The third-order valence-electron chi connectivity index (χ3n) is 3.15. The molecule has 0 fully saturated rings. The third-order valence-corrected chi connectivity index (χ3v) is 3.15. The Labute approximate surface area is 110 Å². The first-order valence-corrected chi connectivity index (χ1v) is 6.80. The normalized spacial score (nSPS) is 14.2. The topological polar surface area (TPSA) is 46.1 Å². The molecule has 2 atom stereocenters.